The highest BCUT2D eigenvalue weighted by Gasteiger charge is 2.14. The number of rotatable bonds is 4. The number of hydrogen-bond donors (Lipinski definition) is 0. The molecule has 0 aliphatic heterocycles. The summed E-state index contributed by atoms with van der Waals surface area (Å²) in [6.07, 6.45) is 1.40. The first-order chi connectivity index (χ1) is 9.72. The maximum atomic E-state index is 11.5. The largest absolute Gasteiger partial charge is 0.457 e. The van der Waals surface area contributed by atoms with Crippen molar-refractivity contribution >= 4 is 33.2 Å². The minimum atomic E-state index is -0.575. The average molecular weight is 355 g/mol. The van der Waals surface area contributed by atoms with Crippen LogP contribution in [0.4, 0.5) is 0 Å². The molecular weight excluding hydrogens is 348 g/mol. The van der Waals surface area contributed by atoms with Gasteiger partial charge in [0.2, 0.25) is 5.76 Å². The second kappa shape index (κ2) is 5.59. The first-order valence-corrected chi connectivity index (χ1v) is 7.12. The number of carbonyl (C=O) groups is 1. The van der Waals surface area contributed by atoms with Crippen LogP contribution in [0.25, 0.3) is 10.8 Å². The van der Waals surface area contributed by atoms with Crippen LogP contribution in [0, 0.1) is 0 Å². The molecular formula is C12H7BrN2O4S. The lowest BCUT2D eigenvalue weighted by Crippen LogP contribution is -2.04. The summed E-state index contributed by atoms with van der Waals surface area (Å²) in [6.45, 7) is -0.0981. The summed E-state index contributed by atoms with van der Waals surface area (Å²) in [5.41, 5.74) is 0. The van der Waals surface area contributed by atoms with Gasteiger partial charge in [-0.2, -0.15) is 0 Å². The molecule has 0 saturated carbocycles. The monoisotopic (exact) mass is 354 g/mol. The van der Waals surface area contributed by atoms with Crippen LogP contribution in [0.5, 0.6) is 0 Å². The van der Waals surface area contributed by atoms with E-state index in [1.54, 1.807) is 6.07 Å². The lowest BCUT2D eigenvalue weighted by atomic mass is 10.5. The maximum absolute atomic E-state index is 11.5. The summed E-state index contributed by atoms with van der Waals surface area (Å²) in [4.78, 5) is 12.4. The van der Waals surface area contributed by atoms with Gasteiger partial charge in [0.05, 0.1) is 14.9 Å². The van der Waals surface area contributed by atoms with Crippen LogP contribution in [0.15, 0.2) is 43.1 Å². The van der Waals surface area contributed by atoms with Crippen molar-refractivity contribution in [2.45, 2.75) is 6.61 Å². The number of furan rings is 1. The van der Waals surface area contributed by atoms with Crippen molar-refractivity contribution in [1.82, 2.24) is 10.2 Å². The zero-order valence-electron chi connectivity index (χ0n) is 9.91. The summed E-state index contributed by atoms with van der Waals surface area (Å²) in [7, 11) is 0. The van der Waals surface area contributed by atoms with Gasteiger partial charge in [0.25, 0.3) is 11.8 Å². The van der Waals surface area contributed by atoms with Crippen LogP contribution < -0.4 is 0 Å². The van der Waals surface area contributed by atoms with Crippen molar-refractivity contribution in [3.63, 3.8) is 0 Å². The molecule has 3 heterocycles. The van der Waals surface area contributed by atoms with Gasteiger partial charge in [-0.15, -0.1) is 21.5 Å². The zero-order chi connectivity index (χ0) is 13.9. The van der Waals surface area contributed by atoms with E-state index < -0.39 is 5.97 Å². The molecule has 0 bridgehead atoms. The Kier molecular flexibility index (Phi) is 3.66. The lowest BCUT2D eigenvalue weighted by molar-refractivity contribution is 0.0402. The summed E-state index contributed by atoms with van der Waals surface area (Å²) in [6, 6.07) is 6.88. The molecule has 3 rings (SSSR count). The second-order valence-electron chi connectivity index (χ2n) is 3.66. The highest BCUT2D eigenvalue weighted by Crippen LogP contribution is 2.30. The van der Waals surface area contributed by atoms with Gasteiger partial charge in [0.1, 0.15) is 0 Å². The second-order valence-corrected chi connectivity index (χ2v) is 6.12. The Bertz CT molecular complexity index is 719. The first kappa shape index (κ1) is 13.1. The van der Waals surface area contributed by atoms with Gasteiger partial charge >= 0.3 is 5.97 Å². The van der Waals surface area contributed by atoms with E-state index in [-0.39, 0.29) is 18.3 Å². The molecule has 0 aliphatic carbocycles. The number of nitrogens with zero attached hydrogens (tertiary/aromatic N) is 2. The molecule has 0 aromatic carbocycles. The molecule has 0 N–H and O–H groups in total. The predicted octanol–water partition coefficient (Wildman–Crippen LogP) is 3.51. The summed E-state index contributed by atoms with van der Waals surface area (Å²) in [5.74, 6) is 0.176. The van der Waals surface area contributed by atoms with Crippen molar-refractivity contribution in [2.75, 3.05) is 0 Å². The Labute approximate surface area is 125 Å². The first-order valence-electron chi connectivity index (χ1n) is 5.51. The molecule has 3 aromatic rings. The number of ether oxygens (including phenoxy) is 1. The van der Waals surface area contributed by atoms with Crippen LogP contribution >= 0.6 is 27.3 Å². The van der Waals surface area contributed by atoms with Gasteiger partial charge < -0.3 is 13.6 Å². The van der Waals surface area contributed by atoms with E-state index in [2.05, 4.69) is 26.1 Å². The number of esters is 1. The van der Waals surface area contributed by atoms with Gasteiger partial charge in [0.15, 0.2) is 6.61 Å². The lowest BCUT2D eigenvalue weighted by Gasteiger charge is -1.97. The Hall–Kier alpha value is -1.93. The van der Waals surface area contributed by atoms with E-state index in [1.807, 2.05) is 12.1 Å². The third-order valence-electron chi connectivity index (χ3n) is 2.30. The molecule has 0 saturated heterocycles. The van der Waals surface area contributed by atoms with E-state index in [9.17, 15) is 4.79 Å². The van der Waals surface area contributed by atoms with Crippen LogP contribution in [0.3, 0.4) is 0 Å². The van der Waals surface area contributed by atoms with E-state index in [0.29, 0.717) is 5.89 Å². The molecule has 102 valence electrons. The number of hydrogen-bond acceptors (Lipinski definition) is 7. The molecule has 0 spiro atoms. The summed E-state index contributed by atoms with van der Waals surface area (Å²) in [5, 5.41) is 7.72. The fourth-order valence-electron chi connectivity index (χ4n) is 1.43. The number of thiophene rings is 1. The summed E-state index contributed by atoms with van der Waals surface area (Å²) < 4.78 is 16.3. The van der Waals surface area contributed by atoms with Gasteiger partial charge in [-0.25, -0.2) is 4.79 Å². The van der Waals surface area contributed by atoms with Crippen molar-refractivity contribution in [2.24, 2.45) is 0 Å². The zero-order valence-corrected chi connectivity index (χ0v) is 12.3. The molecule has 0 radical (unpaired) electrons. The highest BCUT2D eigenvalue weighted by molar-refractivity contribution is 9.11. The van der Waals surface area contributed by atoms with Crippen LogP contribution in [-0.4, -0.2) is 16.2 Å². The molecule has 0 amide bonds. The van der Waals surface area contributed by atoms with Crippen molar-refractivity contribution < 1.29 is 18.4 Å². The molecule has 8 heteroatoms. The van der Waals surface area contributed by atoms with Gasteiger partial charge in [0, 0.05) is 0 Å². The quantitative estimate of drug-likeness (QED) is 0.667. The van der Waals surface area contributed by atoms with E-state index in [4.69, 9.17) is 13.6 Å². The van der Waals surface area contributed by atoms with Crippen molar-refractivity contribution in [3.8, 4) is 10.8 Å². The van der Waals surface area contributed by atoms with Gasteiger partial charge in [-0.3, -0.25) is 0 Å². The van der Waals surface area contributed by atoms with Gasteiger partial charge in [-0.05, 0) is 40.2 Å². The van der Waals surface area contributed by atoms with Crippen molar-refractivity contribution in [1.29, 1.82) is 0 Å². The highest BCUT2D eigenvalue weighted by atomic mass is 79.9. The standard InChI is InChI=1S/C12H7BrN2O4S/c13-9-4-3-8(20-9)11-15-14-10(19-11)6-18-12(16)7-2-1-5-17-7/h1-5H,6H2. The molecule has 0 fully saturated rings. The average Bonchev–Trinajstić information content (AvgIpc) is 3.16. The molecule has 0 aliphatic rings. The fourth-order valence-corrected chi connectivity index (χ4v) is 2.74. The Morgan fingerprint density at radius 2 is 2.25 bits per heavy atom. The fraction of sp³-hybridized carbons (Fsp3) is 0.0833. The van der Waals surface area contributed by atoms with E-state index in [0.717, 1.165) is 8.66 Å². The minimum absolute atomic E-state index is 0.0981. The molecule has 0 unspecified atom stereocenters. The topological polar surface area (TPSA) is 78.4 Å². The Morgan fingerprint density at radius 1 is 1.35 bits per heavy atom. The molecule has 0 atom stereocenters. The van der Waals surface area contributed by atoms with E-state index in [1.165, 1.54) is 23.7 Å². The third-order valence-corrected chi connectivity index (χ3v) is 3.91. The van der Waals surface area contributed by atoms with Crippen molar-refractivity contribution in [3.05, 3.63) is 46.0 Å². The third kappa shape index (κ3) is 2.81. The SMILES string of the molecule is O=C(OCc1nnc(-c2ccc(Br)s2)o1)c1ccco1. The Morgan fingerprint density at radius 3 is 2.95 bits per heavy atom. The normalized spacial score (nSPS) is 10.7. The van der Waals surface area contributed by atoms with E-state index >= 15 is 0 Å². The maximum Gasteiger partial charge on any atom is 0.374 e. The smallest absolute Gasteiger partial charge is 0.374 e. The molecule has 3 aromatic heterocycles. The number of carbonyl (C=O) groups excluding carboxylic acids is 1. The number of halogens is 1. The summed E-state index contributed by atoms with van der Waals surface area (Å²) >= 11 is 4.83. The predicted molar refractivity (Wildman–Crippen MR) is 73.1 cm³/mol. The molecule has 6 nitrogen and oxygen atoms in total. The van der Waals surface area contributed by atoms with Gasteiger partial charge in [-0.1, -0.05) is 0 Å². The number of aromatic nitrogens is 2. The molecule has 20 heavy (non-hydrogen) atoms. The van der Waals surface area contributed by atoms with Crippen LogP contribution in [0.2, 0.25) is 0 Å². The Balaban J connectivity index is 1.64. The minimum Gasteiger partial charge on any atom is -0.457 e. The van der Waals surface area contributed by atoms with Crippen LogP contribution in [-0.2, 0) is 11.3 Å². The van der Waals surface area contributed by atoms with Crippen LogP contribution in [0.1, 0.15) is 16.4 Å².